The van der Waals surface area contributed by atoms with Gasteiger partial charge in [0.1, 0.15) is 6.61 Å². The summed E-state index contributed by atoms with van der Waals surface area (Å²) in [6.45, 7) is 9.82. The maximum atomic E-state index is 12.3. The van der Waals surface area contributed by atoms with Crippen molar-refractivity contribution in [3.8, 4) is 0 Å². The lowest BCUT2D eigenvalue weighted by Crippen LogP contribution is -2.55. The fourth-order valence-electron chi connectivity index (χ4n) is 3.05. The molecule has 1 N–H and O–H groups in total. The van der Waals surface area contributed by atoms with Crippen molar-refractivity contribution >= 4 is 12.1 Å². The van der Waals surface area contributed by atoms with Crippen LogP contribution in [-0.4, -0.2) is 24.7 Å². The molecule has 138 valence electrons. The molecule has 1 amide bonds. The number of esters is 1. The lowest BCUT2D eigenvalue weighted by Gasteiger charge is -2.37. The van der Waals surface area contributed by atoms with E-state index in [9.17, 15) is 9.59 Å². The number of ether oxygens (including phenoxy) is 2. The maximum absolute atomic E-state index is 12.3. The van der Waals surface area contributed by atoms with Crippen molar-refractivity contribution in [1.82, 2.24) is 5.32 Å². The van der Waals surface area contributed by atoms with Gasteiger partial charge >= 0.3 is 12.1 Å². The molecule has 0 fully saturated rings. The van der Waals surface area contributed by atoms with Crippen molar-refractivity contribution in [2.75, 3.05) is 7.11 Å². The van der Waals surface area contributed by atoms with Crippen LogP contribution in [0, 0.1) is 11.8 Å². The highest BCUT2D eigenvalue weighted by atomic mass is 16.5. The third kappa shape index (κ3) is 6.61. The highest BCUT2D eigenvalue weighted by Gasteiger charge is 2.41. The first-order valence-electron chi connectivity index (χ1n) is 8.50. The number of carbonyl (C=O) groups excluding carboxylic acids is 2. The van der Waals surface area contributed by atoms with E-state index in [1.165, 1.54) is 7.11 Å². The summed E-state index contributed by atoms with van der Waals surface area (Å²) in [5.41, 5.74) is 0.113. The van der Waals surface area contributed by atoms with Gasteiger partial charge in [-0.1, -0.05) is 50.3 Å². The molecule has 25 heavy (non-hydrogen) atoms. The van der Waals surface area contributed by atoms with Crippen LogP contribution in [0.4, 0.5) is 4.79 Å². The third-order valence-corrected chi connectivity index (χ3v) is 4.09. The van der Waals surface area contributed by atoms with Gasteiger partial charge in [-0.15, -0.1) is 6.58 Å². The number of hydrogen-bond acceptors (Lipinski definition) is 4. The number of benzene rings is 1. The summed E-state index contributed by atoms with van der Waals surface area (Å²) >= 11 is 0. The lowest BCUT2D eigenvalue weighted by atomic mass is 9.77. The Hall–Kier alpha value is -2.30. The Morgan fingerprint density at radius 2 is 1.92 bits per heavy atom. The topological polar surface area (TPSA) is 64.6 Å². The van der Waals surface area contributed by atoms with Crippen molar-refractivity contribution in [1.29, 1.82) is 0 Å². The summed E-state index contributed by atoms with van der Waals surface area (Å²) in [6.07, 6.45) is 2.14. The molecule has 2 atom stereocenters. The van der Waals surface area contributed by atoms with Crippen LogP contribution in [-0.2, 0) is 20.9 Å². The highest BCUT2D eigenvalue weighted by Crippen LogP contribution is 2.29. The van der Waals surface area contributed by atoms with E-state index in [0.717, 1.165) is 5.56 Å². The molecule has 1 rings (SSSR count). The number of methoxy groups -OCH3 is 1. The third-order valence-electron chi connectivity index (χ3n) is 4.09. The number of rotatable bonds is 9. The summed E-state index contributed by atoms with van der Waals surface area (Å²) in [5, 5.41) is 2.89. The summed E-state index contributed by atoms with van der Waals surface area (Å²) in [6, 6.07) is 9.44. The first kappa shape index (κ1) is 20.7. The Morgan fingerprint density at radius 3 is 2.44 bits per heavy atom. The van der Waals surface area contributed by atoms with E-state index >= 15 is 0 Å². The molecule has 0 heterocycles. The van der Waals surface area contributed by atoms with Gasteiger partial charge in [0, 0.05) is 0 Å². The Kier molecular flexibility index (Phi) is 8.19. The SMILES string of the molecule is C=CC[C@H](C(=O)OC)[C@](C)(CC(C)C)NC(=O)OCc1ccccc1. The lowest BCUT2D eigenvalue weighted by molar-refractivity contribution is -0.148. The second-order valence-electron chi connectivity index (χ2n) is 6.80. The molecular formula is C20H29NO4. The quantitative estimate of drug-likeness (QED) is 0.540. The van der Waals surface area contributed by atoms with Gasteiger partial charge in [0.15, 0.2) is 0 Å². The average Bonchev–Trinajstić information content (AvgIpc) is 2.57. The predicted molar refractivity (Wildman–Crippen MR) is 97.9 cm³/mol. The zero-order chi connectivity index (χ0) is 18.9. The molecule has 1 aromatic rings. The van der Waals surface area contributed by atoms with Gasteiger partial charge in [-0.3, -0.25) is 4.79 Å². The smallest absolute Gasteiger partial charge is 0.407 e. The molecule has 1 aromatic carbocycles. The molecular weight excluding hydrogens is 318 g/mol. The van der Waals surface area contributed by atoms with Crippen molar-refractivity contribution in [2.24, 2.45) is 11.8 Å². The zero-order valence-electron chi connectivity index (χ0n) is 15.6. The van der Waals surface area contributed by atoms with Crippen LogP contribution in [0.2, 0.25) is 0 Å². The fourth-order valence-corrected chi connectivity index (χ4v) is 3.05. The van der Waals surface area contributed by atoms with E-state index in [2.05, 4.69) is 11.9 Å². The van der Waals surface area contributed by atoms with Crippen molar-refractivity contribution in [3.63, 3.8) is 0 Å². The van der Waals surface area contributed by atoms with Crippen molar-refractivity contribution < 1.29 is 19.1 Å². The number of carbonyl (C=O) groups is 2. The van der Waals surface area contributed by atoms with Gasteiger partial charge in [0.05, 0.1) is 18.6 Å². The summed E-state index contributed by atoms with van der Waals surface area (Å²) < 4.78 is 10.2. The van der Waals surface area contributed by atoms with E-state index in [1.807, 2.05) is 51.1 Å². The number of allylic oxidation sites excluding steroid dienone is 1. The van der Waals surface area contributed by atoms with Crippen LogP contribution in [0.3, 0.4) is 0 Å². The number of amides is 1. The van der Waals surface area contributed by atoms with Gasteiger partial charge in [0.25, 0.3) is 0 Å². The highest BCUT2D eigenvalue weighted by molar-refractivity contribution is 5.76. The van der Waals surface area contributed by atoms with E-state index in [1.54, 1.807) is 6.08 Å². The molecule has 5 heteroatoms. The minimum Gasteiger partial charge on any atom is -0.469 e. The van der Waals surface area contributed by atoms with Gasteiger partial charge in [-0.2, -0.15) is 0 Å². The van der Waals surface area contributed by atoms with Crippen molar-refractivity contribution in [3.05, 3.63) is 48.6 Å². The normalized spacial score (nSPS) is 14.3. The molecule has 0 bridgehead atoms. The van der Waals surface area contributed by atoms with Crippen LogP contribution in [0.15, 0.2) is 43.0 Å². The number of alkyl carbamates (subject to hydrolysis) is 1. The van der Waals surface area contributed by atoms with E-state index < -0.39 is 17.6 Å². The minimum atomic E-state index is -0.788. The van der Waals surface area contributed by atoms with Crippen LogP contribution in [0.25, 0.3) is 0 Å². The predicted octanol–water partition coefficient (Wildman–Crippen LogP) is 4.08. The Balaban J connectivity index is 2.86. The Morgan fingerprint density at radius 1 is 1.28 bits per heavy atom. The summed E-state index contributed by atoms with van der Waals surface area (Å²) in [5.74, 6) is -0.621. The second-order valence-corrected chi connectivity index (χ2v) is 6.80. The van der Waals surface area contributed by atoms with Gasteiger partial charge in [0.2, 0.25) is 0 Å². The summed E-state index contributed by atoms with van der Waals surface area (Å²) in [4.78, 5) is 24.6. The molecule has 0 aliphatic rings. The van der Waals surface area contributed by atoms with E-state index in [4.69, 9.17) is 9.47 Å². The van der Waals surface area contributed by atoms with E-state index in [-0.39, 0.29) is 18.5 Å². The van der Waals surface area contributed by atoms with Gasteiger partial charge in [-0.05, 0) is 31.2 Å². The number of nitrogens with one attached hydrogen (secondary N) is 1. The average molecular weight is 347 g/mol. The molecule has 0 unspecified atom stereocenters. The van der Waals surface area contributed by atoms with Gasteiger partial charge < -0.3 is 14.8 Å². The van der Waals surface area contributed by atoms with Gasteiger partial charge in [-0.25, -0.2) is 4.79 Å². The molecule has 0 saturated carbocycles. The fraction of sp³-hybridized carbons (Fsp3) is 0.500. The molecule has 5 nitrogen and oxygen atoms in total. The molecule has 0 aromatic heterocycles. The standard InChI is InChI=1S/C20H29NO4/c1-6-10-17(18(22)24-5)20(4,13-15(2)3)21-19(23)25-14-16-11-8-7-9-12-16/h6-9,11-12,15,17H,1,10,13-14H2,2-5H3,(H,21,23)/t17-,20+/m1/s1. The van der Waals surface area contributed by atoms with Crippen LogP contribution < -0.4 is 5.32 Å². The van der Waals surface area contributed by atoms with Crippen molar-refractivity contribution in [2.45, 2.75) is 45.8 Å². The minimum absolute atomic E-state index is 0.175. The largest absolute Gasteiger partial charge is 0.469 e. The first-order valence-corrected chi connectivity index (χ1v) is 8.50. The number of hydrogen-bond donors (Lipinski definition) is 1. The first-order chi connectivity index (χ1) is 11.8. The van der Waals surface area contributed by atoms with E-state index in [0.29, 0.717) is 12.8 Å². The Bertz CT molecular complexity index is 570. The van der Waals surface area contributed by atoms with Crippen LogP contribution in [0.1, 0.15) is 39.2 Å². The zero-order valence-corrected chi connectivity index (χ0v) is 15.6. The van der Waals surface area contributed by atoms with Crippen LogP contribution >= 0.6 is 0 Å². The maximum Gasteiger partial charge on any atom is 0.407 e. The summed E-state index contributed by atoms with van der Waals surface area (Å²) in [7, 11) is 1.35. The van der Waals surface area contributed by atoms with Crippen LogP contribution in [0.5, 0.6) is 0 Å². The molecule has 0 spiro atoms. The molecule has 0 saturated heterocycles. The Labute approximate surface area is 150 Å². The molecule has 0 radical (unpaired) electrons. The second kappa shape index (κ2) is 9.87. The molecule has 0 aliphatic heterocycles. The molecule has 0 aliphatic carbocycles. The monoisotopic (exact) mass is 347 g/mol.